The van der Waals surface area contributed by atoms with Crippen molar-refractivity contribution in [1.29, 1.82) is 0 Å². The number of hydrogen-bond acceptors (Lipinski definition) is 1. The Kier molecular flexibility index (Phi) is 5.12. The molecule has 0 aliphatic heterocycles. The van der Waals surface area contributed by atoms with E-state index in [1.54, 1.807) is 19.1 Å². The summed E-state index contributed by atoms with van der Waals surface area (Å²) in [6, 6.07) is 4.76. The van der Waals surface area contributed by atoms with E-state index < -0.39 is 6.36 Å². The second kappa shape index (κ2) is 6.15. The minimum atomic E-state index is -4.64. The quantitative estimate of drug-likeness (QED) is 0.721. The third-order valence-corrected chi connectivity index (χ3v) is 2.60. The molecule has 0 radical (unpaired) electrons. The predicted octanol–water partition coefficient (Wildman–Crippen LogP) is 4.32. The molecule has 0 amide bonds. The van der Waals surface area contributed by atoms with E-state index in [1.807, 2.05) is 0 Å². The summed E-state index contributed by atoms with van der Waals surface area (Å²) in [5, 5.41) is 0. The van der Waals surface area contributed by atoms with Crippen LogP contribution in [-0.2, 0) is 12.8 Å². The van der Waals surface area contributed by atoms with E-state index in [2.05, 4.69) is 4.74 Å². The molecular weight excluding hydrogens is 253 g/mol. The lowest BCUT2D eigenvalue weighted by molar-refractivity contribution is -0.274. The van der Waals surface area contributed by atoms with Gasteiger partial charge in [0.15, 0.2) is 0 Å². The van der Waals surface area contributed by atoms with Gasteiger partial charge >= 0.3 is 6.36 Å². The lowest BCUT2D eigenvalue weighted by Crippen LogP contribution is -2.18. The number of halogens is 4. The molecule has 0 fully saturated rings. The van der Waals surface area contributed by atoms with Crippen LogP contribution in [0.1, 0.15) is 24.5 Å². The second-order valence-electron chi connectivity index (χ2n) is 3.64. The molecule has 0 bridgehead atoms. The molecule has 0 aliphatic carbocycles. The number of ether oxygens (including phenoxy) is 1. The van der Waals surface area contributed by atoms with Gasteiger partial charge in [-0.2, -0.15) is 0 Å². The van der Waals surface area contributed by atoms with Gasteiger partial charge in [0, 0.05) is 5.88 Å². The van der Waals surface area contributed by atoms with Crippen molar-refractivity contribution in [3.8, 4) is 5.75 Å². The fourth-order valence-corrected chi connectivity index (χ4v) is 1.69. The smallest absolute Gasteiger partial charge is 0.406 e. The van der Waals surface area contributed by atoms with Gasteiger partial charge in [-0.25, -0.2) is 0 Å². The largest absolute Gasteiger partial charge is 0.573 e. The van der Waals surface area contributed by atoms with Gasteiger partial charge in [0.05, 0.1) is 0 Å². The van der Waals surface area contributed by atoms with E-state index in [-0.39, 0.29) is 5.75 Å². The summed E-state index contributed by atoms with van der Waals surface area (Å²) in [6.45, 7) is 1.80. The van der Waals surface area contributed by atoms with Gasteiger partial charge in [-0.3, -0.25) is 0 Å². The molecule has 0 heterocycles. The Morgan fingerprint density at radius 3 is 2.53 bits per heavy atom. The van der Waals surface area contributed by atoms with E-state index >= 15 is 0 Å². The van der Waals surface area contributed by atoms with Crippen LogP contribution in [0.4, 0.5) is 13.2 Å². The molecule has 0 aromatic heterocycles. The first-order valence-corrected chi connectivity index (χ1v) is 5.93. The average molecular weight is 267 g/mol. The molecule has 0 atom stereocenters. The van der Waals surface area contributed by atoms with Crippen molar-refractivity contribution in [3.05, 3.63) is 29.3 Å². The number of aryl methyl sites for hydroxylation is 2. The zero-order valence-corrected chi connectivity index (χ0v) is 10.2. The van der Waals surface area contributed by atoms with Crippen molar-refractivity contribution in [2.75, 3.05) is 5.88 Å². The highest BCUT2D eigenvalue weighted by Gasteiger charge is 2.31. The summed E-state index contributed by atoms with van der Waals surface area (Å²) in [5.41, 5.74) is 1.55. The van der Waals surface area contributed by atoms with Crippen LogP contribution in [0, 0.1) is 0 Å². The Bertz CT molecular complexity index is 363. The number of hydrogen-bond donors (Lipinski definition) is 0. The van der Waals surface area contributed by atoms with Gasteiger partial charge in [0.2, 0.25) is 0 Å². The fourth-order valence-electron chi connectivity index (χ4n) is 1.56. The van der Waals surface area contributed by atoms with E-state index in [0.29, 0.717) is 17.9 Å². The Morgan fingerprint density at radius 1 is 1.29 bits per heavy atom. The molecule has 5 heteroatoms. The van der Waals surface area contributed by atoms with E-state index in [4.69, 9.17) is 11.6 Å². The van der Waals surface area contributed by atoms with E-state index in [0.717, 1.165) is 18.4 Å². The first-order chi connectivity index (χ1) is 7.96. The van der Waals surface area contributed by atoms with Gasteiger partial charge in [-0.15, -0.1) is 24.8 Å². The molecule has 0 N–H and O–H groups in total. The summed E-state index contributed by atoms with van der Waals surface area (Å²) in [5.74, 6) is 0.428. The normalized spacial score (nSPS) is 11.6. The lowest BCUT2D eigenvalue weighted by atomic mass is 10.0. The van der Waals surface area contributed by atoms with Crippen molar-refractivity contribution < 1.29 is 17.9 Å². The molecule has 1 aromatic rings. The van der Waals surface area contributed by atoms with Crippen LogP contribution >= 0.6 is 11.6 Å². The van der Waals surface area contributed by atoms with Gasteiger partial charge in [-0.05, 0) is 36.5 Å². The Morgan fingerprint density at radius 2 is 2.00 bits per heavy atom. The molecule has 0 aliphatic rings. The van der Waals surface area contributed by atoms with Crippen molar-refractivity contribution in [2.24, 2.45) is 0 Å². The van der Waals surface area contributed by atoms with Crippen LogP contribution in [0.2, 0.25) is 0 Å². The standard InChI is InChI=1S/C12H14ClF3O/c1-2-10-8-9(4-3-7-13)5-6-11(10)17-12(14,15)16/h5-6,8H,2-4,7H2,1H3. The zero-order valence-electron chi connectivity index (χ0n) is 9.48. The minimum absolute atomic E-state index is 0.116. The topological polar surface area (TPSA) is 9.23 Å². The molecule has 1 rings (SSSR count). The summed E-state index contributed by atoms with van der Waals surface area (Å²) < 4.78 is 40.3. The van der Waals surface area contributed by atoms with Gasteiger partial charge in [0.25, 0.3) is 0 Å². The minimum Gasteiger partial charge on any atom is -0.406 e. The summed E-state index contributed by atoms with van der Waals surface area (Å²) in [4.78, 5) is 0. The SMILES string of the molecule is CCc1cc(CCCCl)ccc1OC(F)(F)F. The third kappa shape index (κ3) is 4.86. The summed E-state index contributed by atoms with van der Waals surface area (Å²) >= 11 is 5.57. The summed E-state index contributed by atoms with van der Waals surface area (Å²) in [7, 11) is 0. The zero-order chi connectivity index (χ0) is 12.9. The van der Waals surface area contributed by atoms with Crippen molar-refractivity contribution in [2.45, 2.75) is 32.5 Å². The van der Waals surface area contributed by atoms with Gasteiger partial charge in [0.1, 0.15) is 5.75 Å². The molecule has 0 saturated heterocycles. The van der Waals surface area contributed by atoms with Gasteiger partial charge < -0.3 is 4.74 Å². The van der Waals surface area contributed by atoms with E-state index in [9.17, 15) is 13.2 Å². The highest BCUT2D eigenvalue weighted by atomic mass is 35.5. The van der Waals surface area contributed by atoms with Gasteiger partial charge in [-0.1, -0.05) is 19.1 Å². The lowest BCUT2D eigenvalue weighted by Gasteiger charge is -2.13. The Balaban J connectivity index is 2.85. The molecule has 96 valence electrons. The highest BCUT2D eigenvalue weighted by Crippen LogP contribution is 2.27. The summed E-state index contributed by atoms with van der Waals surface area (Å²) in [6.07, 6.45) is -2.56. The monoisotopic (exact) mass is 266 g/mol. The van der Waals surface area contributed by atoms with E-state index in [1.165, 1.54) is 6.07 Å². The van der Waals surface area contributed by atoms with Crippen LogP contribution in [0.3, 0.4) is 0 Å². The van der Waals surface area contributed by atoms with Crippen LogP contribution in [0.25, 0.3) is 0 Å². The fraction of sp³-hybridized carbons (Fsp3) is 0.500. The first-order valence-electron chi connectivity index (χ1n) is 5.39. The van der Waals surface area contributed by atoms with Crippen molar-refractivity contribution in [1.82, 2.24) is 0 Å². The Labute approximate surface area is 104 Å². The maximum Gasteiger partial charge on any atom is 0.573 e. The highest BCUT2D eigenvalue weighted by molar-refractivity contribution is 6.17. The van der Waals surface area contributed by atoms with Crippen molar-refractivity contribution >= 4 is 11.6 Å². The van der Waals surface area contributed by atoms with Crippen LogP contribution in [0.15, 0.2) is 18.2 Å². The van der Waals surface area contributed by atoms with Crippen LogP contribution < -0.4 is 4.74 Å². The molecule has 0 unspecified atom stereocenters. The maximum absolute atomic E-state index is 12.1. The van der Waals surface area contributed by atoms with Crippen LogP contribution in [0.5, 0.6) is 5.75 Å². The second-order valence-corrected chi connectivity index (χ2v) is 4.01. The van der Waals surface area contributed by atoms with Crippen LogP contribution in [-0.4, -0.2) is 12.2 Å². The molecule has 0 saturated carbocycles. The first kappa shape index (κ1) is 14.2. The third-order valence-electron chi connectivity index (χ3n) is 2.33. The molecular formula is C12H14ClF3O. The molecule has 1 aromatic carbocycles. The molecule has 17 heavy (non-hydrogen) atoms. The number of rotatable bonds is 5. The Hall–Kier alpha value is -0.900. The average Bonchev–Trinajstić information content (AvgIpc) is 2.25. The van der Waals surface area contributed by atoms with Crippen molar-refractivity contribution in [3.63, 3.8) is 0 Å². The molecule has 0 spiro atoms. The number of benzene rings is 1. The maximum atomic E-state index is 12.1. The number of alkyl halides is 4. The predicted molar refractivity (Wildman–Crippen MR) is 61.5 cm³/mol. The molecule has 1 nitrogen and oxygen atoms in total.